The summed E-state index contributed by atoms with van der Waals surface area (Å²) in [6, 6.07) is 5.77. The fourth-order valence-electron chi connectivity index (χ4n) is 2.06. The standard InChI is InChI=1S/C14H19ClN2OS.ClH/c1-8(9(2)16)14(18)17-12-5-6-19-13-4-3-10(15)7-11(12)13;/h3-4,7-9,12H,5-6,16H2,1-2H3,(H,17,18);1H. The maximum Gasteiger partial charge on any atom is 0.224 e. The van der Waals surface area contributed by atoms with Crippen molar-refractivity contribution in [3.05, 3.63) is 28.8 Å². The topological polar surface area (TPSA) is 55.1 Å². The molecule has 20 heavy (non-hydrogen) atoms. The van der Waals surface area contributed by atoms with Gasteiger partial charge >= 0.3 is 0 Å². The minimum atomic E-state index is -0.183. The van der Waals surface area contributed by atoms with E-state index < -0.39 is 0 Å². The number of hydrogen-bond acceptors (Lipinski definition) is 3. The first-order chi connectivity index (χ1) is 8.99. The largest absolute Gasteiger partial charge is 0.349 e. The first-order valence-corrected chi connectivity index (χ1v) is 7.83. The fourth-order valence-corrected chi connectivity index (χ4v) is 3.34. The van der Waals surface area contributed by atoms with Crippen LogP contribution in [-0.2, 0) is 4.79 Å². The van der Waals surface area contributed by atoms with Crippen molar-refractivity contribution in [2.45, 2.75) is 37.2 Å². The van der Waals surface area contributed by atoms with Gasteiger partial charge < -0.3 is 11.1 Å². The number of rotatable bonds is 3. The summed E-state index contributed by atoms with van der Waals surface area (Å²) in [6.45, 7) is 3.71. The van der Waals surface area contributed by atoms with Crippen molar-refractivity contribution in [2.24, 2.45) is 11.7 Å². The first kappa shape index (κ1) is 17.6. The van der Waals surface area contributed by atoms with Gasteiger partial charge in [0.1, 0.15) is 0 Å². The number of benzene rings is 1. The Hall–Kier alpha value is -0.420. The molecule has 0 bridgehead atoms. The van der Waals surface area contributed by atoms with E-state index in [9.17, 15) is 4.79 Å². The van der Waals surface area contributed by atoms with Crippen molar-refractivity contribution >= 4 is 41.7 Å². The summed E-state index contributed by atoms with van der Waals surface area (Å²) in [4.78, 5) is 13.3. The number of amides is 1. The van der Waals surface area contributed by atoms with Gasteiger partial charge in [-0.2, -0.15) is 0 Å². The second-order valence-corrected chi connectivity index (χ2v) is 6.60. The summed E-state index contributed by atoms with van der Waals surface area (Å²) in [5.74, 6) is 0.835. The van der Waals surface area contributed by atoms with E-state index in [1.54, 1.807) is 0 Å². The molecule has 1 amide bonds. The highest BCUT2D eigenvalue weighted by atomic mass is 35.5. The van der Waals surface area contributed by atoms with E-state index in [1.807, 2.05) is 43.8 Å². The number of nitrogens with two attached hydrogens (primary N) is 1. The molecule has 0 radical (unpaired) electrons. The Bertz CT molecular complexity index is 482. The molecule has 0 aromatic heterocycles. The van der Waals surface area contributed by atoms with Gasteiger partial charge in [0.2, 0.25) is 5.91 Å². The van der Waals surface area contributed by atoms with Crippen LogP contribution in [0.15, 0.2) is 23.1 Å². The smallest absolute Gasteiger partial charge is 0.224 e. The molecule has 3 N–H and O–H groups in total. The molecule has 0 spiro atoms. The molecular formula is C14H20Cl2N2OS. The monoisotopic (exact) mass is 334 g/mol. The van der Waals surface area contributed by atoms with E-state index in [2.05, 4.69) is 5.32 Å². The van der Waals surface area contributed by atoms with E-state index >= 15 is 0 Å². The van der Waals surface area contributed by atoms with E-state index in [-0.39, 0.29) is 36.3 Å². The van der Waals surface area contributed by atoms with Gasteiger partial charge in [-0.3, -0.25) is 4.79 Å². The third kappa shape index (κ3) is 4.04. The summed E-state index contributed by atoms with van der Waals surface area (Å²) in [5, 5.41) is 3.80. The first-order valence-electron chi connectivity index (χ1n) is 6.47. The van der Waals surface area contributed by atoms with Gasteiger partial charge in [0.15, 0.2) is 0 Å². The van der Waals surface area contributed by atoms with Crippen LogP contribution in [0.3, 0.4) is 0 Å². The molecule has 1 aliphatic heterocycles. The van der Waals surface area contributed by atoms with Crippen molar-refractivity contribution in [2.75, 3.05) is 5.75 Å². The Morgan fingerprint density at radius 3 is 2.85 bits per heavy atom. The number of hydrogen-bond donors (Lipinski definition) is 2. The van der Waals surface area contributed by atoms with E-state index in [1.165, 1.54) is 4.90 Å². The molecule has 0 fully saturated rings. The van der Waals surface area contributed by atoms with Crippen LogP contribution in [0, 0.1) is 5.92 Å². The molecule has 0 aliphatic carbocycles. The number of fused-ring (bicyclic) bond motifs is 1. The Kier molecular flexibility index (Phi) is 6.65. The van der Waals surface area contributed by atoms with Gasteiger partial charge in [0, 0.05) is 27.6 Å². The number of halogens is 2. The normalized spacial score (nSPS) is 20.3. The van der Waals surface area contributed by atoms with Gasteiger partial charge in [-0.1, -0.05) is 18.5 Å². The van der Waals surface area contributed by atoms with Crippen LogP contribution in [-0.4, -0.2) is 17.7 Å². The molecule has 3 atom stereocenters. The Balaban J connectivity index is 0.00000200. The zero-order valence-electron chi connectivity index (χ0n) is 11.6. The molecular weight excluding hydrogens is 315 g/mol. The van der Waals surface area contributed by atoms with Crippen LogP contribution in [0.25, 0.3) is 0 Å². The highest BCUT2D eigenvalue weighted by Gasteiger charge is 2.25. The van der Waals surface area contributed by atoms with Gasteiger partial charge in [0.25, 0.3) is 0 Å². The predicted molar refractivity (Wildman–Crippen MR) is 87.7 cm³/mol. The molecule has 1 aliphatic rings. The highest BCUT2D eigenvalue weighted by Crippen LogP contribution is 2.37. The third-order valence-corrected chi connectivity index (χ3v) is 4.89. The molecule has 3 unspecified atom stereocenters. The van der Waals surface area contributed by atoms with Crippen LogP contribution >= 0.6 is 35.8 Å². The van der Waals surface area contributed by atoms with E-state index in [0.717, 1.165) is 17.7 Å². The maximum absolute atomic E-state index is 12.1. The van der Waals surface area contributed by atoms with Crippen LogP contribution in [0.2, 0.25) is 5.02 Å². The lowest BCUT2D eigenvalue weighted by atomic mass is 10.00. The molecule has 1 heterocycles. The highest BCUT2D eigenvalue weighted by molar-refractivity contribution is 7.99. The van der Waals surface area contributed by atoms with E-state index in [0.29, 0.717) is 5.02 Å². The molecule has 1 aromatic carbocycles. The van der Waals surface area contributed by atoms with Gasteiger partial charge in [0.05, 0.1) is 6.04 Å². The summed E-state index contributed by atoms with van der Waals surface area (Å²) in [6.07, 6.45) is 0.926. The van der Waals surface area contributed by atoms with Crippen LogP contribution in [0.4, 0.5) is 0 Å². The van der Waals surface area contributed by atoms with Crippen molar-refractivity contribution in [1.29, 1.82) is 0 Å². The summed E-state index contributed by atoms with van der Waals surface area (Å²) >= 11 is 7.86. The van der Waals surface area contributed by atoms with E-state index in [4.69, 9.17) is 17.3 Å². The SMILES string of the molecule is CC(N)C(C)C(=O)NC1CCSc2ccc(Cl)cc21.Cl. The quantitative estimate of drug-likeness (QED) is 0.890. The average molecular weight is 335 g/mol. The molecule has 0 saturated carbocycles. The second kappa shape index (κ2) is 7.55. The molecule has 112 valence electrons. The minimum absolute atomic E-state index is 0. The zero-order chi connectivity index (χ0) is 14.0. The number of carbonyl (C=O) groups is 1. The number of nitrogens with one attached hydrogen (secondary N) is 1. The average Bonchev–Trinajstić information content (AvgIpc) is 2.38. The van der Waals surface area contributed by atoms with Crippen LogP contribution in [0.1, 0.15) is 31.9 Å². The van der Waals surface area contributed by atoms with Crippen LogP contribution in [0.5, 0.6) is 0 Å². The summed E-state index contributed by atoms with van der Waals surface area (Å²) in [5.41, 5.74) is 6.89. The Labute approximate surface area is 135 Å². The van der Waals surface area contributed by atoms with Gasteiger partial charge in [-0.05, 0) is 37.1 Å². The Morgan fingerprint density at radius 1 is 1.50 bits per heavy atom. The fraction of sp³-hybridized carbons (Fsp3) is 0.500. The van der Waals surface area contributed by atoms with Crippen molar-refractivity contribution in [3.8, 4) is 0 Å². The van der Waals surface area contributed by atoms with Crippen LogP contribution < -0.4 is 11.1 Å². The number of carbonyl (C=O) groups excluding carboxylic acids is 1. The number of thioether (sulfide) groups is 1. The van der Waals surface area contributed by atoms with Crippen molar-refractivity contribution in [3.63, 3.8) is 0 Å². The minimum Gasteiger partial charge on any atom is -0.349 e. The molecule has 3 nitrogen and oxygen atoms in total. The molecule has 2 rings (SSSR count). The van der Waals surface area contributed by atoms with Gasteiger partial charge in [-0.15, -0.1) is 24.2 Å². The van der Waals surface area contributed by atoms with Crippen molar-refractivity contribution < 1.29 is 4.79 Å². The lowest BCUT2D eigenvalue weighted by molar-refractivity contribution is -0.125. The van der Waals surface area contributed by atoms with Crippen molar-refractivity contribution in [1.82, 2.24) is 5.32 Å². The lowest BCUT2D eigenvalue weighted by Crippen LogP contribution is -2.40. The lowest BCUT2D eigenvalue weighted by Gasteiger charge is -2.28. The predicted octanol–water partition coefficient (Wildman–Crippen LogP) is 3.40. The third-order valence-electron chi connectivity index (χ3n) is 3.53. The van der Waals surface area contributed by atoms with Gasteiger partial charge in [-0.25, -0.2) is 0 Å². The molecule has 6 heteroatoms. The molecule has 1 aromatic rings. The molecule has 0 saturated heterocycles. The summed E-state index contributed by atoms with van der Waals surface area (Å²) in [7, 11) is 0. The Morgan fingerprint density at radius 2 is 2.20 bits per heavy atom. The zero-order valence-corrected chi connectivity index (χ0v) is 13.9. The second-order valence-electron chi connectivity index (χ2n) is 5.03. The maximum atomic E-state index is 12.1. The summed E-state index contributed by atoms with van der Waals surface area (Å²) < 4.78 is 0.